The fraction of sp³-hybridized carbons (Fsp3) is 0.400. The Balaban J connectivity index is 2.63. The maximum atomic E-state index is 11.1. The molecule has 0 unspecified atom stereocenters. The van der Waals surface area contributed by atoms with Gasteiger partial charge < -0.3 is 4.74 Å². The monoisotopic (exact) mass is 179 g/mol. The average Bonchev–Trinajstić information content (AvgIpc) is 2.09. The second-order valence-electron chi connectivity index (χ2n) is 2.87. The van der Waals surface area contributed by atoms with E-state index in [1.54, 1.807) is 12.4 Å². The van der Waals surface area contributed by atoms with Gasteiger partial charge in [-0.1, -0.05) is 6.92 Å². The fourth-order valence-corrected chi connectivity index (χ4v) is 0.934. The molecule has 0 spiro atoms. The number of hydrogen-bond donors (Lipinski definition) is 0. The average molecular weight is 179 g/mol. The molecule has 0 radical (unpaired) electrons. The van der Waals surface area contributed by atoms with E-state index in [2.05, 4.69) is 4.98 Å². The molecule has 1 aromatic heterocycles. The minimum atomic E-state index is -0.196. The lowest BCUT2D eigenvalue weighted by atomic mass is 10.3. The number of aryl methyl sites for hydroxylation is 1. The molecule has 1 heterocycles. The van der Waals surface area contributed by atoms with Crippen molar-refractivity contribution >= 4 is 5.97 Å². The van der Waals surface area contributed by atoms with Crippen LogP contribution in [0.3, 0.4) is 0 Å². The Morgan fingerprint density at radius 1 is 1.62 bits per heavy atom. The van der Waals surface area contributed by atoms with Crippen molar-refractivity contribution in [3.8, 4) is 5.75 Å². The van der Waals surface area contributed by atoms with E-state index in [0.717, 1.165) is 12.0 Å². The Hall–Kier alpha value is -1.38. The van der Waals surface area contributed by atoms with Gasteiger partial charge in [-0.2, -0.15) is 0 Å². The number of pyridine rings is 1. The van der Waals surface area contributed by atoms with Gasteiger partial charge in [-0.3, -0.25) is 9.78 Å². The van der Waals surface area contributed by atoms with Gasteiger partial charge in [0.25, 0.3) is 0 Å². The Morgan fingerprint density at radius 2 is 2.38 bits per heavy atom. The number of aromatic nitrogens is 1. The third-order valence-electron chi connectivity index (χ3n) is 1.67. The van der Waals surface area contributed by atoms with Gasteiger partial charge in [-0.15, -0.1) is 0 Å². The second kappa shape index (κ2) is 4.60. The number of carbonyl (C=O) groups is 1. The molecule has 3 nitrogen and oxygen atoms in total. The van der Waals surface area contributed by atoms with Gasteiger partial charge in [0.15, 0.2) is 5.75 Å². The lowest BCUT2D eigenvalue weighted by Gasteiger charge is -2.04. The molecular formula is C10H13NO2. The summed E-state index contributed by atoms with van der Waals surface area (Å²) >= 11 is 0. The molecule has 0 N–H and O–H groups in total. The van der Waals surface area contributed by atoms with Crippen molar-refractivity contribution in [1.82, 2.24) is 4.98 Å². The Morgan fingerprint density at radius 3 is 3.00 bits per heavy atom. The maximum Gasteiger partial charge on any atom is 0.311 e. The largest absolute Gasteiger partial charge is 0.425 e. The van der Waals surface area contributed by atoms with E-state index in [1.807, 2.05) is 19.9 Å². The van der Waals surface area contributed by atoms with Crippen molar-refractivity contribution in [1.29, 1.82) is 0 Å². The van der Waals surface area contributed by atoms with Crippen molar-refractivity contribution < 1.29 is 9.53 Å². The lowest BCUT2D eigenvalue weighted by Crippen LogP contribution is -2.07. The van der Waals surface area contributed by atoms with Crippen LogP contribution in [0.1, 0.15) is 25.3 Å². The normalized spacial score (nSPS) is 9.69. The van der Waals surface area contributed by atoms with Crippen LogP contribution in [0.2, 0.25) is 0 Å². The summed E-state index contributed by atoms with van der Waals surface area (Å²) in [6.45, 7) is 3.83. The number of esters is 1. The molecule has 0 bridgehead atoms. The van der Waals surface area contributed by atoms with Gasteiger partial charge in [-0.25, -0.2) is 0 Å². The second-order valence-corrected chi connectivity index (χ2v) is 2.87. The predicted molar refractivity (Wildman–Crippen MR) is 49.5 cm³/mol. The first-order valence-corrected chi connectivity index (χ1v) is 4.35. The molecule has 1 rings (SSSR count). The van der Waals surface area contributed by atoms with Crippen LogP contribution in [0.15, 0.2) is 18.5 Å². The highest BCUT2D eigenvalue weighted by Crippen LogP contribution is 2.15. The van der Waals surface area contributed by atoms with E-state index in [0.29, 0.717) is 12.2 Å². The van der Waals surface area contributed by atoms with Crippen molar-refractivity contribution in [2.45, 2.75) is 26.7 Å². The van der Waals surface area contributed by atoms with Crippen LogP contribution >= 0.6 is 0 Å². The third kappa shape index (κ3) is 2.86. The number of hydrogen-bond acceptors (Lipinski definition) is 3. The van der Waals surface area contributed by atoms with Crippen molar-refractivity contribution in [2.24, 2.45) is 0 Å². The Kier molecular flexibility index (Phi) is 3.43. The molecule has 0 aliphatic carbocycles. The maximum absolute atomic E-state index is 11.1. The number of ether oxygens (including phenoxy) is 1. The molecule has 0 fully saturated rings. The van der Waals surface area contributed by atoms with E-state index in [4.69, 9.17) is 4.74 Å². The quantitative estimate of drug-likeness (QED) is 0.667. The Bertz CT molecular complexity index is 297. The minimum Gasteiger partial charge on any atom is -0.425 e. The van der Waals surface area contributed by atoms with Gasteiger partial charge in [0.1, 0.15) is 0 Å². The standard InChI is InChI=1S/C10H13NO2/c1-3-4-10(12)13-9-7-11-6-5-8(9)2/h5-7H,3-4H2,1-2H3. The van der Waals surface area contributed by atoms with E-state index in [-0.39, 0.29) is 5.97 Å². The first-order chi connectivity index (χ1) is 6.24. The predicted octanol–water partition coefficient (Wildman–Crippen LogP) is 2.10. The summed E-state index contributed by atoms with van der Waals surface area (Å²) in [5.41, 5.74) is 0.930. The molecule has 0 aromatic carbocycles. The van der Waals surface area contributed by atoms with Gasteiger partial charge >= 0.3 is 5.97 Å². The van der Waals surface area contributed by atoms with Crippen LogP contribution in [0.25, 0.3) is 0 Å². The van der Waals surface area contributed by atoms with Crippen molar-refractivity contribution in [2.75, 3.05) is 0 Å². The van der Waals surface area contributed by atoms with Crippen molar-refractivity contribution in [3.05, 3.63) is 24.0 Å². The van der Waals surface area contributed by atoms with Crippen LogP contribution in [0, 0.1) is 6.92 Å². The zero-order valence-corrected chi connectivity index (χ0v) is 7.91. The topological polar surface area (TPSA) is 39.2 Å². The summed E-state index contributed by atoms with van der Waals surface area (Å²) < 4.78 is 5.08. The highest BCUT2D eigenvalue weighted by atomic mass is 16.5. The highest BCUT2D eigenvalue weighted by Gasteiger charge is 2.04. The molecular weight excluding hydrogens is 166 g/mol. The number of rotatable bonds is 3. The van der Waals surface area contributed by atoms with E-state index < -0.39 is 0 Å². The van der Waals surface area contributed by atoms with Gasteiger partial charge in [0.05, 0.1) is 6.20 Å². The number of carbonyl (C=O) groups excluding carboxylic acids is 1. The van der Waals surface area contributed by atoms with Crippen LogP contribution in [0.4, 0.5) is 0 Å². The van der Waals surface area contributed by atoms with Crippen molar-refractivity contribution in [3.63, 3.8) is 0 Å². The summed E-state index contributed by atoms with van der Waals surface area (Å²) in [5.74, 6) is 0.361. The summed E-state index contributed by atoms with van der Waals surface area (Å²) in [7, 11) is 0. The van der Waals surface area contributed by atoms with Crippen LogP contribution in [0.5, 0.6) is 5.75 Å². The molecule has 13 heavy (non-hydrogen) atoms. The first-order valence-electron chi connectivity index (χ1n) is 4.35. The molecule has 0 saturated heterocycles. The summed E-state index contributed by atoms with van der Waals surface area (Å²) in [5, 5.41) is 0. The summed E-state index contributed by atoms with van der Waals surface area (Å²) in [6.07, 6.45) is 4.49. The van der Waals surface area contributed by atoms with E-state index in [1.165, 1.54) is 0 Å². The third-order valence-corrected chi connectivity index (χ3v) is 1.67. The molecule has 0 atom stereocenters. The SMILES string of the molecule is CCCC(=O)Oc1cnccc1C. The summed E-state index contributed by atoms with van der Waals surface area (Å²) in [6, 6.07) is 1.81. The van der Waals surface area contributed by atoms with E-state index >= 15 is 0 Å². The fourth-order valence-electron chi connectivity index (χ4n) is 0.934. The van der Waals surface area contributed by atoms with Crippen LogP contribution in [-0.2, 0) is 4.79 Å². The lowest BCUT2D eigenvalue weighted by molar-refractivity contribution is -0.134. The van der Waals surface area contributed by atoms with Gasteiger partial charge in [0.2, 0.25) is 0 Å². The highest BCUT2D eigenvalue weighted by molar-refractivity contribution is 5.72. The van der Waals surface area contributed by atoms with Gasteiger partial charge in [-0.05, 0) is 25.0 Å². The molecule has 70 valence electrons. The molecule has 0 saturated carbocycles. The first kappa shape index (κ1) is 9.71. The minimum absolute atomic E-state index is 0.196. The molecule has 0 aliphatic rings. The van der Waals surface area contributed by atoms with E-state index in [9.17, 15) is 4.79 Å². The molecule has 3 heteroatoms. The van der Waals surface area contributed by atoms with Crippen LogP contribution in [-0.4, -0.2) is 11.0 Å². The van der Waals surface area contributed by atoms with Gasteiger partial charge in [0, 0.05) is 12.6 Å². The number of nitrogens with zero attached hydrogens (tertiary/aromatic N) is 1. The smallest absolute Gasteiger partial charge is 0.311 e. The Labute approximate surface area is 77.8 Å². The van der Waals surface area contributed by atoms with Crippen LogP contribution < -0.4 is 4.74 Å². The molecule has 0 amide bonds. The molecule has 1 aromatic rings. The zero-order chi connectivity index (χ0) is 9.68. The molecule has 0 aliphatic heterocycles. The zero-order valence-electron chi connectivity index (χ0n) is 7.91. The summed E-state index contributed by atoms with van der Waals surface area (Å²) in [4.78, 5) is 15.0.